The Labute approximate surface area is 115 Å². The van der Waals surface area contributed by atoms with Gasteiger partial charge in [0.2, 0.25) is 0 Å². The van der Waals surface area contributed by atoms with Crippen molar-refractivity contribution >= 4 is 12.0 Å². The summed E-state index contributed by atoms with van der Waals surface area (Å²) in [5.74, 6) is -0.285. The third-order valence-corrected chi connectivity index (χ3v) is 4.47. The van der Waals surface area contributed by atoms with Crippen LogP contribution in [0.5, 0.6) is 0 Å². The Morgan fingerprint density at radius 1 is 1.32 bits per heavy atom. The molecule has 1 fully saturated rings. The van der Waals surface area contributed by atoms with Gasteiger partial charge in [0.25, 0.3) is 0 Å². The van der Waals surface area contributed by atoms with Gasteiger partial charge in [0.15, 0.2) is 0 Å². The van der Waals surface area contributed by atoms with Crippen molar-refractivity contribution in [3.8, 4) is 0 Å². The highest BCUT2D eigenvalue weighted by atomic mass is 16.4. The average Bonchev–Trinajstić information content (AvgIpc) is 2.85. The first kappa shape index (κ1) is 15.8. The maximum absolute atomic E-state index is 12.0. The lowest BCUT2D eigenvalue weighted by molar-refractivity contribution is -0.148. The minimum absolute atomic E-state index is 0.122. The maximum atomic E-state index is 12.0. The molecule has 0 radical (unpaired) electrons. The van der Waals surface area contributed by atoms with E-state index in [1.807, 2.05) is 6.92 Å². The van der Waals surface area contributed by atoms with Crippen molar-refractivity contribution in [2.45, 2.75) is 46.5 Å². The van der Waals surface area contributed by atoms with E-state index in [-0.39, 0.29) is 6.03 Å². The molecule has 1 aliphatic rings. The third kappa shape index (κ3) is 3.61. The van der Waals surface area contributed by atoms with E-state index in [0.717, 1.165) is 12.8 Å². The molecular weight excluding hydrogens is 244 g/mol. The molecular formula is C14H26N2O3. The number of nitrogens with zero attached hydrogens (tertiary/aromatic N) is 1. The molecule has 1 rings (SSSR count). The fourth-order valence-corrected chi connectivity index (χ4v) is 2.58. The number of nitrogens with one attached hydrogen (secondary N) is 1. The number of hydrogen-bond acceptors (Lipinski definition) is 2. The van der Waals surface area contributed by atoms with E-state index in [1.165, 1.54) is 0 Å². The van der Waals surface area contributed by atoms with Gasteiger partial charge in [-0.1, -0.05) is 33.6 Å². The summed E-state index contributed by atoms with van der Waals surface area (Å²) in [6.45, 7) is 7.64. The van der Waals surface area contributed by atoms with Gasteiger partial charge in [0.1, 0.15) is 0 Å². The Balaban J connectivity index is 2.50. The van der Waals surface area contributed by atoms with E-state index in [9.17, 15) is 14.7 Å². The molecule has 0 saturated carbocycles. The predicted octanol–water partition coefficient (Wildman–Crippen LogP) is 2.32. The lowest BCUT2D eigenvalue weighted by atomic mass is 9.84. The highest BCUT2D eigenvalue weighted by Crippen LogP contribution is 2.34. The largest absolute Gasteiger partial charge is 0.481 e. The van der Waals surface area contributed by atoms with Crippen LogP contribution in [0.1, 0.15) is 46.5 Å². The highest BCUT2D eigenvalue weighted by molar-refractivity contribution is 5.79. The number of hydrogen-bond donors (Lipinski definition) is 2. The molecule has 2 N–H and O–H groups in total. The first-order valence-electron chi connectivity index (χ1n) is 7.25. The molecule has 0 bridgehead atoms. The number of rotatable bonds is 6. The molecule has 1 heterocycles. The van der Waals surface area contributed by atoms with Gasteiger partial charge in [-0.15, -0.1) is 0 Å². The van der Waals surface area contributed by atoms with Gasteiger partial charge >= 0.3 is 12.0 Å². The van der Waals surface area contributed by atoms with Crippen molar-refractivity contribution in [1.29, 1.82) is 0 Å². The van der Waals surface area contributed by atoms with Crippen LogP contribution in [0.3, 0.4) is 0 Å². The quantitative estimate of drug-likeness (QED) is 0.778. The summed E-state index contributed by atoms with van der Waals surface area (Å²) in [6.07, 6.45) is 3.21. The second-order valence-corrected chi connectivity index (χ2v) is 5.48. The average molecular weight is 270 g/mol. The predicted molar refractivity (Wildman–Crippen MR) is 74.0 cm³/mol. The highest BCUT2D eigenvalue weighted by Gasteiger charge is 2.44. The Bertz CT molecular complexity index is 329. The third-order valence-electron chi connectivity index (χ3n) is 4.47. The molecule has 0 aromatic heterocycles. The number of aliphatic carboxylic acids is 1. The van der Waals surface area contributed by atoms with E-state index in [2.05, 4.69) is 19.2 Å². The van der Waals surface area contributed by atoms with Gasteiger partial charge in [-0.3, -0.25) is 4.79 Å². The summed E-state index contributed by atoms with van der Waals surface area (Å²) in [5, 5.41) is 12.2. The summed E-state index contributed by atoms with van der Waals surface area (Å²) in [6, 6.07) is -0.122. The summed E-state index contributed by atoms with van der Waals surface area (Å²) in [7, 11) is 0. The Morgan fingerprint density at radius 2 is 1.95 bits per heavy atom. The van der Waals surface area contributed by atoms with E-state index < -0.39 is 11.4 Å². The van der Waals surface area contributed by atoms with E-state index >= 15 is 0 Å². The minimum Gasteiger partial charge on any atom is -0.481 e. The zero-order valence-electron chi connectivity index (χ0n) is 12.2. The van der Waals surface area contributed by atoms with Gasteiger partial charge in [-0.2, -0.15) is 0 Å². The van der Waals surface area contributed by atoms with Crippen LogP contribution < -0.4 is 5.32 Å². The van der Waals surface area contributed by atoms with Gasteiger partial charge < -0.3 is 15.3 Å². The maximum Gasteiger partial charge on any atom is 0.317 e. The van der Waals surface area contributed by atoms with Crippen LogP contribution in [0.2, 0.25) is 0 Å². The van der Waals surface area contributed by atoms with Crippen molar-refractivity contribution < 1.29 is 14.7 Å². The molecule has 0 aromatic carbocycles. The Hall–Kier alpha value is -1.26. The molecule has 1 saturated heterocycles. The van der Waals surface area contributed by atoms with Crippen LogP contribution in [0, 0.1) is 11.3 Å². The number of amides is 2. The van der Waals surface area contributed by atoms with Gasteiger partial charge in [0, 0.05) is 19.6 Å². The van der Waals surface area contributed by atoms with Crippen molar-refractivity contribution in [3.63, 3.8) is 0 Å². The molecule has 1 unspecified atom stereocenters. The molecule has 5 nitrogen and oxygen atoms in total. The van der Waals surface area contributed by atoms with Crippen molar-refractivity contribution in [1.82, 2.24) is 10.2 Å². The Kier molecular flexibility index (Phi) is 5.63. The number of urea groups is 1. The summed E-state index contributed by atoms with van der Waals surface area (Å²) in [4.78, 5) is 25.0. The molecule has 2 amide bonds. The van der Waals surface area contributed by atoms with Gasteiger partial charge in [0.05, 0.1) is 5.41 Å². The molecule has 19 heavy (non-hydrogen) atoms. The Morgan fingerprint density at radius 3 is 2.37 bits per heavy atom. The van der Waals surface area contributed by atoms with E-state index in [1.54, 1.807) is 4.90 Å². The van der Waals surface area contributed by atoms with Crippen LogP contribution in [0.15, 0.2) is 0 Å². The van der Waals surface area contributed by atoms with Gasteiger partial charge in [-0.05, 0) is 18.8 Å². The molecule has 5 heteroatoms. The first-order chi connectivity index (χ1) is 8.99. The lowest BCUT2D eigenvalue weighted by Crippen LogP contribution is -2.42. The van der Waals surface area contributed by atoms with Crippen LogP contribution in [-0.4, -0.2) is 41.6 Å². The molecule has 0 spiro atoms. The molecule has 1 aliphatic heterocycles. The fourth-order valence-electron chi connectivity index (χ4n) is 2.58. The van der Waals surface area contributed by atoms with Crippen LogP contribution >= 0.6 is 0 Å². The van der Waals surface area contributed by atoms with Crippen LogP contribution in [0.25, 0.3) is 0 Å². The number of carbonyl (C=O) groups is 2. The molecule has 110 valence electrons. The summed E-state index contributed by atoms with van der Waals surface area (Å²) < 4.78 is 0. The normalized spacial score (nSPS) is 22.8. The summed E-state index contributed by atoms with van der Waals surface area (Å²) in [5.41, 5.74) is -0.744. The van der Waals surface area contributed by atoms with Crippen molar-refractivity contribution in [2.24, 2.45) is 11.3 Å². The molecule has 0 aromatic rings. The minimum atomic E-state index is -0.787. The lowest BCUT2D eigenvalue weighted by Gasteiger charge is -2.24. The first-order valence-corrected chi connectivity index (χ1v) is 7.25. The van der Waals surface area contributed by atoms with Crippen LogP contribution in [0.4, 0.5) is 4.79 Å². The van der Waals surface area contributed by atoms with Gasteiger partial charge in [-0.25, -0.2) is 4.79 Å². The summed E-state index contributed by atoms with van der Waals surface area (Å²) >= 11 is 0. The second kappa shape index (κ2) is 6.78. The number of likely N-dealkylation sites (tertiary alicyclic amines) is 1. The zero-order chi connectivity index (χ0) is 14.5. The topological polar surface area (TPSA) is 69.6 Å². The molecule has 0 aliphatic carbocycles. The van der Waals surface area contributed by atoms with Crippen molar-refractivity contribution in [2.75, 3.05) is 19.6 Å². The second-order valence-electron chi connectivity index (χ2n) is 5.48. The standard InChI is InChI=1S/C14H26N2O3/c1-4-11(5-2)9-15-13(19)16-8-7-14(6-3,10-16)12(17)18/h11H,4-10H2,1-3H3,(H,15,19)(H,17,18). The molecule has 1 atom stereocenters. The number of carbonyl (C=O) groups excluding carboxylic acids is 1. The monoisotopic (exact) mass is 270 g/mol. The zero-order valence-corrected chi connectivity index (χ0v) is 12.2. The smallest absolute Gasteiger partial charge is 0.317 e. The van der Waals surface area contributed by atoms with Crippen molar-refractivity contribution in [3.05, 3.63) is 0 Å². The fraction of sp³-hybridized carbons (Fsp3) is 0.857. The van der Waals surface area contributed by atoms with E-state index in [4.69, 9.17) is 0 Å². The number of carboxylic acids is 1. The van der Waals surface area contributed by atoms with Crippen LogP contribution in [-0.2, 0) is 4.79 Å². The SMILES string of the molecule is CCC(CC)CNC(=O)N1CCC(CC)(C(=O)O)C1. The number of carboxylic acid groups (broad SMARTS) is 1. The van der Waals surface area contributed by atoms with E-state index in [0.29, 0.717) is 38.4 Å².